The van der Waals surface area contributed by atoms with Crippen LogP contribution in [0.15, 0.2) is 36.9 Å². The van der Waals surface area contributed by atoms with Gasteiger partial charge in [0.15, 0.2) is 6.04 Å². The number of halogens is 1. The Kier molecular flexibility index (Phi) is 5.05. The Labute approximate surface area is 127 Å². The highest BCUT2D eigenvalue weighted by Gasteiger charge is 2.21. The molecule has 1 heterocycles. The van der Waals surface area contributed by atoms with Crippen molar-refractivity contribution >= 4 is 17.5 Å². The summed E-state index contributed by atoms with van der Waals surface area (Å²) in [7, 11) is 0. The largest absolute Gasteiger partial charge is 0.351 e. The highest BCUT2D eigenvalue weighted by Crippen LogP contribution is 2.18. The number of carbonyl (C=O) groups excluding carboxylic acids is 1. The van der Waals surface area contributed by atoms with E-state index in [-0.39, 0.29) is 5.91 Å². The van der Waals surface area contributed by atoms with Crippen LogP contribution in [-0.4, -0.2) is 32.7 Å². The third-order valence-electron chi connectivity index (χ3n) is 2.92. The summed E-state index contributed by atoms with van der Waals surface area (Å²) in [5, 5.41) is 15.6. The molecule has 1 aromatic carbocycles. The number of amides is 1. The number of carbonyl (C=O) groups is 1. The van der Waals surface area contributed by atoms with E-state index in [1.165, 1.54) is 4.80 Å². The van der Waals surface area contributed by atoms with E-state index in [0.717, 1.165) is 5.56 Å². The van der Waals surface area contributed by atoms with Gasteiger partial charge < -0.3 is 5.32 Å². The molecule has 0 spiro atoms. The maximum Gasteiger partial charge on any atom is 0.247 e. The first-order chi connectivity index (χ1) is 10.2. The Morgan fingerprint density at radius 3 is 2.81 bits per heavy atom. The lowest BCUT2D eigenvalue weighted by molar-refractivity contribution is -0.124. The van der Waals surface area contributed by atoms with Gasteiger partial charge in [-0.1, -0.05) is 24.6 Å². The van der Waals surface area contributed by atoms with Crippen LogP contribution in [0.3, 0.4) is 0 Å². The molecular formula is C14H16ClN5O. The van der Waals surface area contributed by atoms with E-state index in [4.69, 9.17) is 11.6 Å². The Morgan fingerprint density at radius 1 is 1.48 bits per heavy atom. The van der Waals surface area contributed by atoms with E-state index in [1.807, 2.05) is 19.1 Å². The number of benzene rings is 1. The minimum atomic E-state index is -0.487. The lowest BCUT2D eigenvalue weighted by atomic mass is 10.2. The molecule has 1 atom stereocenters. The summed E-state index contributed by atoms with van der Waals surface area (Å²) in [5.74, 6) is 0.305. The molecule has 0 aliphatic rings. The van der Waals surface area contributed by atoms with E-state index >= 15 is 0 Å². The lowest BCUT2D eigenvalue weighted by Crippen LogP contribution is -2.33. The van der Waals surface area contributed by atoms with Crippen molar-refractivity contribution in [1.29, 1.82) is 0 Å². The second-order valence-corrected chi connectivity index (χ2v) is 4.83. The van der Waals surface area contributed by atoms with Gasteiger partial charge in [0.2, 0.25) is 11.7 Å². The van der Waals surface area contributed by atoms with E-state index in [9.17, 15) is 4.79 Å². The van der Waals surface area contributed by atoms with Gasteiger partial charge in [-0.3, -0.25) is 4.79 Å². The summed E-state index contributed by atoms with van der Waals surface area (Å²) >= 11 is 5.84. The standard InChI is InChI=1S/C14H16ClN5O/c1-3-9-16-14(21)12(4-2)20-18-13(17-19-20)10-5-7-11(15)8-6-10/h3,5-8,12H,1,4,9H2,2H3,(H,16,21). The monoisotopic (exact) mass is 305 g/mol. The number of aromatic nitrogens is 4. The van der Waals surface area contributed by atoms with Crippen molar-refractivity contribution in [1.82, 2.24) is 25.5 Å². The van der Waals surface area contributed by atoms with Crippen molar-refractivity contribution in [2.75, 3.05) is 6.54 Å². The van der Waals surface area contributed by atoms with Crippen LogP contribution in [0, 0.1) is 0 Å². The zero-order valence-electron chi connectivity index (χ0n) is 11.7. The van der Waals surface area contributed by atoms with Gasteiger partial charge in [0, 0.05) is 17.1 Å². The molecule has 0 saturated heterocycles. The summed E-state index contributed by atoms with van der Waals surface area (Å²) in [6.07, 6.45) is 2.19. The summed E-state index contributed by atoms with van der Waals surface area (Å²) in [6.45, 7) is 5.87. The summed E-state index contributed by atoms with van der Waals surface area (Å²) in [6, 6.07) is 6.64. The smallest absolute Gasteiger partial charge is 0.247 e. The molecule has 2 aromatic rings. The number of rotatable bonds is 6. The summed E-state index contributed by atoms with van der Waals surface area (Å²) < 4.78 is 0. The Balaban J connectivity index is 2.19. The average molecular weight is 306 g/mol. The molecule has 1 aromatic heterocycles. The van der Waals surface area contributed by atoms with Crippen LogP contribution in [0.25, 0.3) is 11.4 Å². The molecule has 1 N–H and O–H groups in total. The molecular weight excluding hydrogens is 290 g/mol. The van der Waals surface area contributed by atoms with Crippen LogP contribution in [0.1, 0.15) is 19.4 Å². The lowest BCUT2D eigenvalue weighted by Gasteiger charge is -2.12. The van der Waals surface area contributed by atoms with Gasteiger partial charge in [0.1, 0.15) is 0 Å². The minimum Gasteiger partial charge on any atom is -0.351 e. The molecule has 0 bridgehead atoms. The van der Waals surface area contributed by atoms with Gasteiger partial charge in [-0.05, 0) is 35.9 Å². The molecule has 0 saturated carbocycles. The quantitative estimate of drug-likeness (QED) is 0.831. The van der Waals surface area contributed by atoms with Gasteiger partial charge in [-0.25, -0.2) is 0 Å². The highest BCUT2D eigenvalue weighted by molar-refractivity contribution is 6.30. The molecule has 1 amide bonds. The third-order valence-corrected chi connectivity index (χ3v) is 3.17. The third kappa shape index (κ3) is 3.66. The van der Waals surface area contributed by atoms with Crippen LogP contribution in [-0.2, 0) is 4.79 Å². The molecule has 6 nitrogen and oxygen atoms in total. The number of nitrogens with zero attached hydrogens (tertiary/aromatic N) is 4. The topological polar surface area (TPSA) is 72.7 Å². The van der Waals surface area contributed by atoms with Gasteiger partial charge in [-0.15, -0.1) is 16.8 Å². The molecule has 0 aliphatic heterocycles. The Hall–Kier alpha value is -2.21. The minimum absolute atomic E-state index is 0.155. The first-order valence-corrected chi connectivity index (χ1v) is 6.97. The van der Waals surface area contributed by atoms with Crippen molar-refractivity contribution in [2.24, 2.45) is 0 Å². The molecule has 0 fully saturated rings. The maximum absolute atomic E-state index is 12.0. The number of hydrogen-bond donors (Lipinski definition) is 1. The summed E-state index contributed by atoms with van der Waals surface area (Å²) in [4.78, 5) is 13.4. The number of nitrogens with one attached hydrogen (secondary N) is 1. The fourth-order valence-electron chi connectivity index (χ4n) is 1.82. The summed E-state index contributed by atoms with van der Waals surface area (Å²) in [5.41, 5.74) is 0.798. The van der Waals surface area contributed by atoms with E-state index in [1.54, 1.807) is 18.2 Å². The number of hydrogen-bond acceptors (Lipinski definition) is 4. The molecule has 0 aliphatic carbocycles. The van der Waals surface area contributed by atoms with Gasteiger partial charge in [0.05, 0.1) is 0 Å². The number of tetrazole rings is 1. The zero-order chi connectivity index (χ0) is 15.2. The predicted molar refractivity (Wildman–Crippen MR) is 80.8 cm³/mol. The average Bonchev–Trinajstić information content (AvgIpc) is 2.96. The van der Waals surface area contributed by atoms with Gasteiger partial charge >= 0.3 is 0 Å². The van der Waals surface area contributed by atoms with Crippen LogP contribution in [0.2, 0.25) is 5.02 Å². The highest BCUT2D eigenvalue weighted by atomic mass is 35.5. The van der Waals surface area contributed by atoms with Crippen molar-refractivity contribution in [2.45, 2.75) is 19.4 Å². The molecule has 2 rings (SSSR count). The normalized spacial score (nSPS) is 11.9. The van der Waals surface area contributed by atoms with Crippen LogP contribution in [0.4, 0.5) is 0 Å². The first-order valence-electron chi connectivity index (χ1n) is 6.59. The van der Waals surface area contributed by atoms with E-state index < -0.39 is 6.04 Å². The zero-order valence-corrected chi connectivity index (χ0v) is 12.4. The Morgan fingerprint density at radius 2 is 2.19 bits per heavy atom. The first kappa shape index (κ1) is 15.2. The molecule has 21 heavy (non-hydrogen) atoms. The van der Waals surface area contributed by atoms with Crippen molar-refractivity contribution in [3.05, 3.63) is 41.9 Å². The molecule has 7 heteroatoms. The van der Waals surface area contributed by atoms with Crippen molar-refractivity contribution in [3.8, 4) is 11.4 Å². The predicted octanol–water partition coefficient (Wildman–Crippen LogP) is 2.25. The van der Waals surface area contributed by atoms with Crippen molar-refractivity contribution in [3.63, 3.8) is 0 Å². The second-order valence-electron chi connectivity index (χ2n) is 4.40. The van der Waals surface area contributed by atoms with Gasteiger partial charge in [0.25, 0.3) is 0 Å². The fraction of sp³-hybridized carbons (Fsp3) is 0.286. The SMILES string of the molecule is C=CCNC(=O)C(CC)n1nnc(-c2ccc(Cl)cc2)n1. The van der Waals surface area contributed by atoms with Crippen LogP contribution in [0.5, 0.6) is 0 Å². The van der Waals surface area contributed by atoms with E-state index in [0.29, 0.717) is 23.8 Å². The fourth-order valence-corrected chi connectivity index (χ4v) is 1.94. The van der Waals surface area contributed by atoms with Crippen LogP contribution >= 0.6 is 11.6 Å². The van der Waals surface area contributed by atoms with Crippen LogP contribution < -0.4 is 5.32 Å². The molecule has 0 radical (unpaired) electrons. The molecule has 1 unspecified atom stereocenters. The van der Waals surface area contributed by atoms with Gasteiger partial charge in [-0.2, -0.15) is 4.80 Å². The van der Waals surface area contributed by atoms with E-state index in [2.05, 4.69) is 27.3 Å². The Bertz CT molecular complexity index is 623. The maximum atomic E-state index is 12.0. The van der Waals surface area contributed by atoms with Crippen molar-refractivity contribution < 1.29 is 4.79 Å². The second kappa shape index (κ2) is 6.99. The molecule has 110 valence electrons.